The minimum Gasteiger partial charge on any atom is -0.472 e. The average Bonchev–Trinajstić information content (AvgIpc) is 2.90. The van der Waals surface area contributed by atoms with Crippen LogP contribution < -0.4 is 5.32 Å². The molecule has 0 aliphatic rings. The molecule has 18 heavy (non-hydrogen) atoms. The van der Waals surface area contributed by atoms with E-state index in [-0.39, 0.29) is 18.2 Å². The van der Waals surface area contributed by atoms with Crippen LogP contribution in [0.2, 0.25) is 5.02 Å². The van der Waals surface area contributed by atoms with Gasteiger partial charge in [-0.05, 0) is 30.3 Å². The number of nitrogens with one attached hydrogen (secondary N) is 1. The molecule has 1 N–H and O–H groups in total. The molecule has 2 rings (SSSR count). The van der Waals surface area contributed by atoms with Crippen molar-refractivity contribution in [1.82, 2.24) is 5.32 Å². The van der Waals surface area contributed by atoms with E-state index in [1.165, 1.54) is 12.5 Å². The lowest BCUT2D eigenvalue weighted by Crippen LogP contribution is -2.29. The molecule has 0 saturated carbocycles. The number of carbonyl (C=O) groups excluding carboxylic acids is 2. The second kappa shape index (κ2) is 5.51. The highest BCUT2D eigenvalue weighted by molar-refractivity contribution is 6.30. The number of amides is 1. The molecule has 0 saturated heterocycles. The third kappa shape index (κ3) is 2.99. The van der Waals surface area contributed by atoms with E-state index < -0.39 is 0 Å². The van der Waals surface area contributed by atoms with Crippen molar-refractivity contribution in [2.24, 2.45) is 0 Å². The molecule has 5 heteroatoms. The number of hydrogen-bond acceptors (Lipinski definition) is 3. The van der Waals surface area contributed by atoms with Crippen LogP contribution in [0, 0.1) is 0 Å². The first kappa shape index (κ1) is 12.4. The molecule has 1 amide bonds. The lowest BCUT2D eigenvalue weighted by atomic mass is 10.2. The van der Waals surface area contributed by atoms with E-state index in [0.29, 0.717) is 16.1 Å². The molecule has 0 aliphatic heterocycles. The van der Waals surface area contributed by atoms with Gasteiger partial charge in [0.25, 0.3) is 5.91 Å². The third-order valence-electron chi connectivity index (χ3n) is 2.36. The maximum absolute atomic E-state index is 11.7. The summed E-state index contributed by atoms with van der Waals surface area (Å²) in [6, 6.07) is 7.99. The van der Waals surface area contributed by atoms with Crippen LogP contribution in [0.25, 0.3) is 0 Å². The maximum atomic E-state index is 11.7. The minimum atomic E-state index is -0.316. The number of ketones is 1. The maximum Gasteiger partial charge on any atom is 0.251 e. The predicted molar refractivity (Wildman–Crippen MR) is 66.8 cm³/mol. The molecule has 0 fully saturated rings. The third-order valence-corrected chi connectivity index (χ3v) is 2.61. The zero-order valence-electron chi connectivity index (χ0n) is 9.35. The first-order valence-electron chi connectivity index (χ1n) is 5.26. The SMILES string of the molecule is O=C(CNC(=O)c1ccc(Cl)cc1)c1ccoc1. The molecule has 0 unspecified atom stereocenters. The van der Waals surface area contributed by atoms with Crippen LogP contribution in [-0.2, 0) is 0 Å². The molecule has 1 heterocycles. The molecular formula is C13H10ClNO3. The van der Waals surface area contributed by atoms with Crippen LogP contribution >= 0.6 is 11.6 Å². The van der Waals surface area contributed by atoms with Crippen molar-refractivity contribution < 1.29 is 14.0 Å². The Balaban J connectivity index is 1.92. The zero-order valence-corrected chi connectivity index (χ0v) is 10.1. The van der Waals surface area contributed by atoms with Crippen LogP contribution in [0.15, 0.2) is 47.3 Å². The summed E-state index contributed by atoms with van der Waals surface area (Å²) in [5.74, 6) is -0.519. The monoisotopic (exact) mass is 263 g/mol. The van der Waals surface area contributed by atoms with E-state index in [1.807, 2.05) is 0 Å². The van der Waals surface area contributed by atoms with Gasteiger partial charge in [-0.15, -0.1) is 0 Å². The lowest BCUT2D eigenvalue weighted by Gasteiger charge is -2.03. The van der Waals surface area contributed by atoms with Gasteiger partial charge in [0.15, 0.2) is 5.78 Å². The molecule has 1 aromatic carbocycles. The van der Waals surface area contributed by atoms with Crippen molar-refractivity contribution in [3.05, 3.63) is 59.0 Å². The number of carbonyl (C=O) groups is 2. The summed E-state index contributed by atoms with van der Waals surface area (Å²) in [4.78, 5) is 23.3. The van der Waals surface area contributed by atoms with Crippen molar-refractivity contribution in [3.63, 3.8) is 0 Å². The fourth-order valence-electron chi connectivity index (χ4n) is 1.39. The summed E-state index contributed by atoms with van der Waals surface area (Å²) in [6.07, 6.45) is 2.75. The van der Waals surface area contributed by atoms with E-state index in [0.717, 1.165) is 0 Å². The van der Waals surface area contributed by atoms with E-state index in [9.17, 15) is 9.59 Å². The Bertz CT molecular complexity index is 546. The first-order chi connectivity index (χ1) is 8.66. The standard InChI is InChI=1S/C13H10ClNO3/c14-11-3-1-9(2-4-11)13(17)15-7-12(16)10-5-6-18-8-10/h1-6,8H,7H2,(H,15,17). The Kier molecular flexibility index (Phi) is 3.79. The summed E-state index contributed by atoms with van der Waals surface area (Å²) in [5, 5.41) is 3.09. The van der Waals surface area contributed by atoms with E-state index in [1.54, 1.807) is 30.3 Å². The highest BCUT2D eigenvalue weighted by atomic mass is 35.5. The van der Waals surface area contributed by atoms with Gasteiger partial charge in [0, 0.05) is 10.6 Å². The van der Waals surface area contributed by atoms with Crippen molar-refractivity contribution in [3.8, 4) is 0 Å². The van der Waals surface area contributed by atoms with E-state index in [2.05, 4.69) is 5.32 Å². The highest BCUT2D eigenvalue weighted by Gasteiger charge is 2.10. The quantitative estimate of drug-likeness (QED) is 0.863. The Morgan fingerprint density at radius 3 is 2.44 bits per heavy atom. The Morgan fingerprint density at radius 2 is 1.83 bits per heavy atom. The number of rotatable bonds is 4. The van der Waals surface area contributed by atoms with Crippen molar-refractivity contribution >= 4 is 23.3 Å². The summed E-state index contributed by atoms with van der Waals surface area (Å²) in [6.45, 7) is -0.0685. The van der Waals surface area contributed by atoms with Crippen LogP contribution in [0.3, 0.4) is 0 Å². The molecule has 0 aliphatic carbocycles. The molecule has 0 radical (unpaired) electrons. The number of Topliss-reactive ketones (excluding diaryl/α,β-unsaturated/α-hetero) is 1. The second-order valence-electron chi connectivity index (χ2n) is 3.62. The normalized spacial score (nSPS) is 10.1. The van der Waals surface area contributed by atoms with Crippen LogP contribution in [-0.4, -0.2) is 18.2 Å². The average molecular weight is 264 g/mol. The minimum absolute atomic E-state index is 0.0685. The topological polar surface area (TPSA) is 59.3 Å². The molecule has 92 valence electrons. The number of benzene rings is 1. The fourth-order valence-corrected chi connectivity index (χ4v) is 1.52. The van der Waals surface area contributed by atoms with Crippen molar-refractivity contribution in [2.45, 2.75) is 0 Å². The van der Waals surface area contributed by atoms with Crippen LogP contribution in [0.4, 0.5) is 0 Å². The molecule has 0 spiro atoms. The summed E-state index contributed by atoms with van der Waals surface area (Å²) in [5.41, 5.74) is 0.894. The fraction of sp³-hybridized carbons (Fsp3) is 0.0769. The molecular weight excluding hydrogens is 254 g/mol. The largest absolute Gasteiger partial charge is 0.472 e. The first-order valence-corrected chi connectivity index (χ1v) is 5.64. The van der Waals surface area contributed by atoms with Gasteiger partial charge >= 0.3 is 0 Å². The molecule has 4 nitrogen and oxygen atoms in total. The smallest absolute Gasteiger partial charge is 0.251 e. The highest BCUT2D eigenvalue weighted by Crippen LogP contribution is 2.09. The van der Waals surface area contributed by atoms with E-state index >= 15 is 0 Å². The van der Waals surface area contributed by atoms with Crippen molar-refractivity contribution in [2.75, 3.05) is 6.54 Å². The molecule has 1 aromatic heterocycles. The van der Waals surface area contributed by atoms with Gasteiger partial charge < -0.3 is 9.73 Å². The number of furan rings is 1. The summed E-state index contributed by atoms with van der Waals surface area (Å²) >= 11 is 5.72. The van der Waals surface area contributed by atoms with Crippen LogP contribution in [0.1, 0.15) is 20.7 Å². The Labute approximate surface area is 109 Å². The van der Waals surface area contributed by atoms with Gasteiger partial charge in [0.1, 0.15) is 6.26 Å². The number of halogens is 1. The van der Waals surface area contributed by atoms with Gasteiger partial charge in [-0.25, -0.2) is 0 Å². The van der Waals surface area contributed by atoms with E-state index in [4.69, 9.17) is 16.0 Å². The van der Waals surface area contributed by atoms with Gasteiger partial charge in [-0.2, -0.15) is 0 Å². The summed E-state index contributed by atoms with van der Waals surface area (Å²) < 4.78 is 4.79. The zero-order chi connectivity index (χ0) is 13.0. The molecule has 0 atom stereocenters. The van der Waals surface area contributed by atoms with Crippen LogP contribution in [0.5, 0.6) is 0 Å². The second-order valence-corrected chi connectivity index (χ2v) is 4.06. The van der Waals surface area contributed by atoms with Gasteiger partial charge in [0.05, 0.1) is 18.4 Å². The molecule has 0 bridgehead atoms. The molecule has 2 aromatic rings. The number of hydrogen-bond donors (Lipinski definition) is 1. The van der Waals surface area contributed by atoms with Gasteiger partial charge in [-0.1, -0.05) is 11.6 Å². The van der Waals surface area contributed by atoms with Gasteiger partial charge in [0.2, 0.25) is 0 Å². The lowest BCUT2D eigenvalue weighted by molar-refractivity contribution is 0.0904. The van der Waals surface area contributed by atoms with Gasteiger partial charge in [-0.3, -0.25) is 9.59 Å². The summed E-state index contributed by atoms with van der Waals surface area (Å²) in [7, 11) is 0. The Hall–Kier alpha value is -2.07. The van der Waals surface area contributed by atoms with Crippen molar-refractivity contribution in [1.29, 1.82) is 0 Å². The predicted octanol–water partition coefficient (Wildman–Crippen LogP) is 2.55. The Morgan fingerprint density at radius 1 is 1.11 bits per heavy atom.